The Labute approximate surface area is 115 Å². The van der Waals surface area contributed by atoms with Crippen molar-refractivity contribution in [1.29, 1.82) is 0 Å². The number of thioether (sulfide) groups is 1. The molecule has 0 fully saturated rings. The molecule has 0 saturated carbocycles. The molecular formula is C12H16N2O4S. The molecule has 6 nitrogen and oxygen atoms in total. The van der Waals surface area contributed by atoms with Crippen molar-refractivity contribution in [2.24, 2.45) is 0 Å². The number of amides is 2. The summed E-state index contributed by atoms with van der Waals surface area (Å²) < 4.78 is 0. The highest BCUT2D eigenvalue weighted by atomic mass is 32.2. The average molecular weight is 284 g/mol. The Morgan fingerprint density at radius 3 is 2.68 bits per heavy atom. The van der Waals surface area contributed by atoms with Gasteiger partial charge in [-0.3, -0.25) is 0 Å². The first-order valence-electron chi connectivity index (χ1n) is 5.58. The Bertz CT molecular complexity index is 479. The van der Waals surface area contributed by atoms with Crippen LogP contribution in [-0.4, -0.2) is 40.3 Å². The fourth-order valence-corrected chi connectivity index (χ4v) is 1.55. The zero-order valence-electron chi connectivity index (χ0n) is 10.6. The van der Waals surface area contributed by atoms with Crippen molar-refractivity contribution in [3.8, 4) is 5.75 Å². The Hall–Kier alpha value is -1.89. The summed E-state index contributed by atoms with van der Waals surface area (Å²) in [6.07, 6.45) is 1.94. The van der Waals surface area contributed by atoms with Gasteiger partial charge in [0.05, 0.1) is 5.69 Å². The molecule has 19 heavy (non-hydrogen) atoms. The van der Waals surface area contributed by atoms with E-state index in [0.717, 1.165) is 0 Å². The van der Waals surface area contributed by atoms with Crippen LogP contribution in [0.3, 0.4) is 0 Å². The lowest BCUT2D eigenvalue weighted by atomic mass is 10.2. The Balaban J connectivity index is 2.69. The standard InChI is InChI=1S/C12H16N2O4S/c1-7(19-2)6-13-12(18)14-9-5-3-4-8(10(9)15)11(16)17/h3-5,7,15H,6H2,1-2H3,(H,16,17)(H2,13,14,18). The number of aromatic hydroxyl groups is 1. The molecule has 1 unspecified atom stereocenters. The number of carbonyl (C=O) groups is 2. The summed E-state index contributed by atoms with van der Waals surface area (Å²) in [4.78, 5) is 22.4. The van der Waals surface area contributed by atoms with Gasteiger partial charge in [0, 0.05) is 11.8 Å². The summed E-state index contributed by atoms with van der Waals surface area (Å²) in [5, 5.41) is 23.9. The van der Waals surface area contributed by atoms with Crippen LogP contribution < -0.4 is 10.6 Å². The van der Waals surface area contributed by atoms with Gasteiger partial charge in [-0.2, -0.15) is 11.8 Å². The number of hydrogen-bond acceptors (Lipinski definition) is 4. The molecule has 0 spiro atoms. The SMILES string of the molecule is CSC(C)CNC(=O)Nc1cccc(C(=O)O)c1O. The second-order valence-corrected chi connectivity index (χ2v) is 5.16. The summed E-state index contributed by atoms with van der Waals surface area (Å²) in [6.45, 7) is 2.44. The molecule has 1 aromatic carbocycles. The number of phenols is 1. The van der Waals surface area contributed by atoms with Gasteiger partial charge in [-0.25, -0.2) is 9.59 Å². The zero-order chi connectivity index (χ0) is 14.4. The number of hydrogen-bond donors (Lipinski definition) is 4. The first kappa shape index (κ1) is 15.2. The van der Waals surface area contributed by atoms with Crippen LogP contribution in [0.1, 0.15) is 17.3 Å². The van der Waals surface area contributed by atoms with E-state index < -0.39 is 17.7 Å². The lowest BCUT2D eigenvalue weighted by molar-refractivity contribution is 0.0694. The number of aromatic carboxylic acids is 1. The first-order valence-corrected chi connectivity index (χ1v) is 6.87. The largest absolute Gasteiger partial charge is 0.505 e. The van der Waals surface area contributed by atoms with Crippen molar-refractivity contribution >= 4 is 29.4 Å². The maximum atomic E-state index is 11.6. The fourth-order valence-electron chi connectivity index (χ4n) is 1.30. The number of benzene rings is 1. The van der Waals surface area contributed by atoms with Crippen molar-refractivity contribution in [2.75, 3.05) is 18.1 Å². The number of nitrogens with one attached hydrogen (secondary N) is 2. The van der Waals surface area contributed by atoms with E-state index in [1.807, 2.05) is 13.2 Å². The van der Waals surface area contributed by atoms with Gasteiger partial charge < -0.3 is 20.8 Å². The molecule has 0 bridgehead atoms. The summed E-state index contributed by atoms with van der Waals surface area (Å²) in [6, 6.07) is 3.65. The highest BCUT2D eigenvalue weighted by molar-refractivity contribution is 7.99. The molecule has 7 heteroatoms. The minimum atomic E-state index is -1.25. The van der Waals surface area contributed by atoms with Crippen molar-refractivity contribution < 1.29 is 19.8 Å². The highest BCUT2D eigenvalue weighted by Crippen LogP contribution is 2.27. The van der Waals surface area contributed by atoms with E-state index in [0.29, 0.717) is 6.54 Å². The van der Waals surface area contributed by atoms with E-state index in [2.05, 4.69) is 10.6 Å². The highest BCUT2D eigenvalue weighted by Gasteiger charge is 2.14. The van der Waals surface area contributed by atoms with Crippen LogP contribution in [0.5, 0.6) is 5.75 Å². The topological polar surface area (TPSA) is 98.7 Å². The minimum absolute atomic E-state index is 0.0641. The molecule has 0 saturated heterocycles. The van der Waals surface area contributed by atoms with Gasteiger partial charge in [-0.1, -0.05) is 13.0 Å². The molecule has 0 aliphatic carbocycles. The Morgan fingerprint density at radius 1 is 1.42 bits per heavy atom. The number of urea groups is 1. The van der Waals surface area contributed by atoms with Crippen molar-refractivity contribution in [2.45, 2.75) is 12.2 Å². The van der Waals surface area contributed by atoms with E-state index in [-0.39, 0.29) is 16.5 Å². The maximum absolute atomic E-state index is 11.6. The predicted molar refractivity (Wildman–Crippen MR) is 75.1 cm³/mol. The lowest BCUT2D eigenvalue weighted by Crippen LogP contribution is -2.33. The predicted octanol–water partition coefficient (Wildman–Crippen LogP) is 1.96. The average Bonchev–Trinajstić information content (AvgIpc) is 2.38. The monoisotopic (exact) mass is 284 g/mol. The van der Waals surface area contributed by atoms with E-state index in [4.69, 9.17) is 5.11 Å². The second kappa shape index (κ2) is 6.89. The number of carbonyl (C=O) groups excluding carboxylic acids is 1. The van der Waals surface area contributed by atoms with Gasteiger partial charge >= 0.3 is 12.0 Å². The van der Waals surface area contributed by atoms with Crippen LogP contribution in [0, 0.1) is 0 Å². The molecule has 0 aliphatic heterocycles. The van der Waals surface area contributed by atoms with E-state index in [1.54, 1.807) is 11.8 Å². The van der Waals surface area contributed by atoms with Crippen LogP contribution in [0.15, 0.2) is 18.2 Å². The van der Waals surface area contributed by atoms with Crippen LogP contribution >= 0.6 is 11.8 Å². The number of rotatable bonds is 5. The quantitative estimate of drug-likeness (QED) is 0.620. The Kier molecular flexibility index (Phi) is 5.50. The molecule has 1 atom stereocenters. The normalized spacial score (nSPS) is 11.7. The number of para-hydroxylation sites is 1. The van der Waals surface area contributed by atoms with Gasteiger partial charge in [-0.15, -0.1) is 0 Å². The molecule has 2 amide bonds. The van der Waals surface area contributed by atoms with E-state index in [9.17, 15) is 14.7 Å². The molecule has 0 radical (unpaired) electrons. The number of carboxylic acids is 1. The van der Waals surface area contributed by atoms with Crippen LogP contribution in [0.4, 0.5) is 10.5 Å². The van der Waals surface area contributed by atoms with E-state index >= 15 is 0 Å². The minimum Gasteiger partial charge on any atom is -0.505 e. The van der Waals surface area contributed by atoms with E-state index in [1.165, 1.54) is 18.2 Å². The third kappa shape index (κ3) is 4.36. The summed E-state index contributed by atoms with van der Waals surface area (Å²) in [7, 11) is 0. The first-order chi connectivity index (χ1) is 8.95. The summed E-state index contributed by atoms with van der Waals surface area (Å²) in [5.41, 5.74) is -0.190. The second-order valence-electron chi connectivity index (χ2n) is 3.89. The van der Waals surface area contributed by atoms with Gasteiger partial charge in [-0.05, 0) is 18.4 Å². The molecule has 1 rings (SSSR count). The molecule has 0 heterocycles. The molecule has 0 aromatic heterocycles. The third-order valence-electron chi connectivity index (χ3n) is 2.47. The third-order valence-corrected chi connectivity index (χ3v) is 3.44. The fraction of sp³-hybridized carbons (Fsp3) is 0.333. The van der Waals surface area contributed by atoms with Gasteiger partial charge in [0.15, 0.2) is 5.75 Å². The summed E-state index contributed by atoms with van der Waals surface area (Å²) >= 11 is 1.61. The van der Waals surface area contributed by atoms with Gasteiger partial charge in [0.25, 0.3) is 0 Å². The molecular weight excluding hydrogens is 268 g/mol. The van der Waals surface area contributed by atoms with Crippen LogP contribution in [-0.2, 0) is 0 Å². The maximum Gasteiger partial charge on any atom is 0.339 e. The van der Waals surface area contributed by atoms with Crippen molar-refractivity contribution in [3.63, 3.8) is 0 Å². The Morgan fingerprint density at radius 2 is 2.11 bits per heavy atom. The van der Waals surface area contributed by atoms with Crippen molar-refractivity contribution in [3.05, 3.63) is 23.8 Å². The summed E-state index contributed by atoms with van der Waals surface area (Å²) in [5.74, 6) is -1.71. The number of carboxylic acid groups (broad SMARTS) is 1. The number of anilines is 1. The van der Waals surface area contributed by atoms with Crippen molar-refractivity contribution in [1.82, 2.24) is 5.32 Å². The van der Waals surface area contributed by atoms with Gasteiger partial charge in [0.2, 0.25) is 0 Å². The van der Waals surface area contributed by atoms with Crippen LogP contribution in [0.25, 0.3) is 0 Å². The molecule has 1 aromatic rings. The molecule has 4 N–H and O–H groups in total. The van der Waals surface area contributed by atoms with Crippen LogP contribution in [0.2, 0.25) is 0 Å². The molecule has 104 valence electrons. The van der Waals surface area contributed by atoms with Gasteiger partial charge in [0.1, 0.15) is 5.56 Å². The smallest absolute Gasteiger partial charge is 0.339 e. The molecule has 0 aliphatic rings. The zero-order valence-corrected chi connectivity index (χ0v) is 11.5. The lowest BCUT2D eigenvalue weighted by Gasteiger charge is -2.12.